The molecule has 0 spiro atoms. The Morgan fingerprint density at radius 3 is 0.840 bits per heavy atom. The van der Waals surface area contributed by atoms with Gasteiger partial charge in [-0.05, 0) is 40.5 Å². The molecule has 5 nitrogen and oxygen atoms in total. The third-order valence-electron chi connectivity index (χ3n) is 4.77. The Labute approximate surface area is 155 Å². The number of rotatable bonds is 18. The van der Waals surface area contributed by atoms with E-state index in [4.69, 9.17) is 23.7 Å². The molecule has 0 N–H and O–H groups in total. The van der Waals surface area contributed by atoms with E-state index in [2.05, 4.69) is 13.8 Å². The van der Waals surface area contributed by atoms with Crippen LogP contribution in [0.4, 0.5) is 0 Å². The summed E-state index contributed by atoms with van der Waals surface area (Å²) in [4.78, 5) is 0. The first-order valence-corrected chi connectivity index (χ1v) is 9.96. The molecule has 0 aromatic heterocycles. The van der Waals surface area contributed by atoms with Gasteiger partial charge in [0.25, 0.3) is 0 Å². The number of hydrogen-bond donors (Lipinski definition) is 0. The summed E-state index contributed by atoms with van der Waals surface area (Å²) in [6, 6.07) is 0. The zero-order valence-electron chi connectivity index (χ0n) is 17.5. The molecule has 0 unspecified atom stereocenters. The largest absolute Gasteiger partial charge is 0.381 e. The molecule has 0 heterocycles. The van der Waals surface area contributed by atoms with Gasteiger partial charge >= 0.3 is 0 Å². The van der Waals surface area contributed by atoms with Crippen LogP contribution in [0, 0.1) is 10.8 Å². The third kappa shape index (κ3) is 9.90. The van der Waals surface area contributed by atoms with Crippen LogP contribution in [0.5, 0.6) is 0 Å². The van der Waals surface area contributed by atoms with Crippen molar-refractivity contribution in [2.45, 2.75) is 54.4 Å². The zero-order chi connectivity index (χ0) is 19.0. The maximum atomic E-state index is 6.21. The Kier molecular flexibility index (Phi) is 14.8. The highest BCUT2D eigenvalue weighted by Gasteiger charge is 2.33. The molecule has 0 atom stereocenters. The van der Waals surface area contributed by atoms with E-state index in [9.17, 15) is 0 Å². The molecule has 0 rings (SSSR count). The topological polar surface area (TPSA) is 46.2 Å². The Balaban J connectivity index is 4.82. The predicted octanol–water partition coefficient (Wildman–Crippen LogP) is 3.94. The molecule has 0 aliphatic carbocycles. The summed E-state index contributed by atoms with van der Waals surface area (Å²) in [6.45, 7) is 19.2. The minimum atomic E-state index is -0.0945. The lowest BCUT2D eigenvalue weighted by molar-refractivity contribution is -0.108. The van der Waals surface area contributed by atoms with Crippen molar-refractivity contribution in [1.29, 1.82) is 0 Å². The van der Waals surface area contributed by atoms with Gasteiger partial charge in [-0.15, -0.1) is 0 Å². The predicted molar refractivity (Wildman–Crippen MR) is 102 cm³/mol. The quantitative estimate of drug-likeness (QED) is 0.369. The number of ether oxygens (including phenoxy) is 5. The Morgan fingerprint density at radius 1 is 0.400 bits per heavy atom. The molecule has 5 heteroatoms. The van der Waals surface area contributed by atoms with Gasteiger partial charge in [0, 0.05) is 37.3 Å². The van der Waals surface area contributed by atoms with E-state index in [1.165, 1.54) is 0 Å². The molecule has 0 saturated heterocycles. The fraction of sp³-hybridized carbons (Fsp3) is 1.00. The summed E-state index contributed by atoms with van der Waals surface area (Å²) in [5, 5.41) is 0. The van der Waals surface area contributed by atoms with Crippen molar-refractivity contribution < 1.29 is 23.7 Å². The van der Waals surface area contributed by atoms with Crippen LogP contribution in [-0.4, -0.2) is 66.1 Å². The maximum Gasteiger partial charge on any atom is 0.0566 e. The van der Waals surface area contributed by atoms with Crippen molar-refractivity contribution >= 4 is 0 Å². The van der Waals surface area contributed by atoms with E-state index < -0.39 is 0 Å². The highest BCUT2D eigenvalue weighted by Crippen LogP contribution is 2.28. The van der Waals surface area contributed by atoms with Gasteiger partial charge in [-0.1, -0.05) is 13.8 Å². The van der Waals surface area contributed by atoms with Crippen molar-refractivity contribution in [2.75, 3.05) is 66.1 Å². The first-order chi connectivity index (χ1) is 12.1. The molecule has 152 valence electrons. The SMILES string of the molecule is CCOCC(CC)(COCC)COCC(CC)(COCC)COCC. The second kappa shape index (κ2) is 14.9. The summed E-state index contributed by atoms with van der Waals surface area (Å²) in [7, 11) is 0. The lowest BCUT2D eigenvalue weighted by Gasteiger charge is -2.36. The highest BCUT2D eigenvalue weighted by atomic mass is 16.5. The molecule has 0 radical (unpaired) electrons. The average Bonchev–Trinajstić information content (AvgIpc) is 2.65. The van der Waals surface area contributed by atoms with E-state index in [1.54, 1.807) is 0 Å². The summed E-state index contributed by atoms with van der Waals surface area (Å²) in [5.74, 6) is 0. The molecule has 0 aliphatic heterocycles. The molecule has 0 bridgehead atoms. The van der Waals surface area contributed by atoms with Gasteiger partial charge in [-0.3, -0.25) is 0 Å². The minimum Gasteiger partial charge on any atom is -0.381 e. The van der Waals surface area contributed by atoms with Crippen LogP contribution in [0.3, 0.4) is 0 Å². The number of hydrogen-bond acceptors (Lipinski definition) is 5. The molecular formula is C20H42O5. The van der Waals surface area contributed by atoms with Crippen LogP contribution in [0.1, 0.15) is 54.4 Å². The van der Waals surface area contributed by atoms with E-state index >= 15 is 0 Å². The molecule has 0 aliphatic rings. The van der Waals surface area contributed by atoms with Crippen LogP contribution in [0.15, 0.2) is 0 Å². The van der Waals surface area contributed by atoms with Crippen LogP contribution < -0.4 is 0 Å². The second-order valence-corrected chi connectivity index (χ2v) is 6.75. The van der Waals surface area contributed by atoms with Crippen LogP contribution in [-0.2, 0) is 23.7 Å². The van der Waals surface area contributed by atoms with Gasteiger partial charge in [0.15, 0.2) is 0 Å². The zero-order valence-corrected chi connectivity index (χ0v) is 17.5. The van der Waals surface area contributed by atoms with Gasteiger partial charge in [0.1, 0.15) is 0 Å². The summed E-state index contributed by atoms with van der Waals surface area (Å²) in [6.07, 6.45) is 1.92. The smallest absolute Gasteiger partial charge is 0.0566 e. The minimum absolute atomic E-state index is 0.0945. The molecule has 0 amide bonds. The molecule has 0 aromatic carbocycles. The highest BCUT2D eigenvalue weighted by molar-refractivity contribution is 4.81. The maximum absolute atomic E-state index is 6.21. The monoisotopic (exact) mass is 362 g/mol. The second-order valence-electron chi connectivity index (χ2n) is 6.75. The van der Waals surface area contributed by atoms with Gasteiger partial charge in [-0.25, -0.2) is 0 Å². The molecular weight excluding hydrogens is 320 g/mol. The standard InChI is InChI=1S/C20H42O5/c1-7-19(13-21-9-3,14-22-10-4)17-25-18-20(8-2,15-23-11-5)16-24-12-6/h7-18H2,1-6H3. The van der Waals surface area contributed by atoms with E-state index in [0.717, 1.165) is 12.8 Å². The molecule has 25 heavy (non-hydrogen) atoms. The Bertz CT molecular complexity index is 252. The van der Waals surface area contributed by atoms with Crippen molar-refractivity contribution in [1.82, 2.24) is 0 Å². The first kappa shape index (κ1) is 24.8. The van der Waals surface area contributed by atoms with Crippen molar-refractivity contribution in [3.05, 3.63) is 0 Å². The van der Waals surface area contributed by atoms with Gasteiger partial charge < -0.3 is 23.7 Å². The van der Waals surface area contributed by atoms with Crippen molar-refractivity contribution in [3.8, 4) is 0 Å². The fourth-order valence-corrected chi connectivity index (χ4v) is 2.62. The fourth-order valence-electron chi connectivity index (χ4n) is 2.62. The normalized spacial score (nSPS) is 12.7. The molecule has 0 aromatic rings. The van der Waals surface area contributed by atoms with Gasteiger partial charge in [0.2, 0.25) is 0 Å². The lowest BCUT2D eigenvalue weighted by atomic mass is 9.86. The van der Waals surface area contributed by atoms with Gasteiger partial charge in [-0.2, -0.15) is 0 Å². The summed E-state index contributed by atoms with van der Waals surface area (Å²) in [5.41, 5.74) is -0.189. The van der Waals surface area contributed by atoms with Crippen molar-refractivity contribution in [3.63, 3.8) is 0 Å². The van der Waals surface area contributed by atoms with E-state index in [1.807, 2.05) is 27.7 Å². The molecule has 0 saturated carbocycles. The van der Waals surface area contributed by atoms with Crippen molar-refractivity contribution in [2.24, 2.45) is 10.8 Å². The lowest BCUT2D eigenvalue weighted by Crippen LogP contribution is -2.41. The molecule has 0 fully saturated rings. The van der Waals surface area contributed by atoms with E-state index in [0.29, 0.717) is 66.1 Å². The summed E-state index contributed by atoms with van der Waals surface area (Å²) < 4.78 is 29.1. The third-order valence-corrected chi connectivity index (χ3v) is 4.77. The Hall–Kier alpha value is -0.200. The first-order valence-electron chi connectivity index (χ1n) is 9.96. The Morgan fingerprint density at radius 2 is 0.640 bits per heavy atom. The van der Waals surface area contributed by atoms with Crippen LogP contribution >= 0.6 is 0 Å². The van der Waals surface area contributed by atoms with E-state index in [-0.39, 0.29) is 10.8 Å². The van der Waals surface area contributed by atoms with Gasteiger partial charge in [0.05, 0.1) is 39.6 Å². The van der Waals surface area contributed by atoms with Crippen LogP contribution in [0.25, 0.3) is 0 Å². The van der Waals surface area contributed by atoms with Crippen LogP contribution in [0.2, 0.25) is 0 Å². The average molecular weight is 363 g/mol. The summed E-state index contributed by atoms with van der Waals surface area (Å²) >= 11 is 0.